The van der Waals surface area contributed by atoms with E-state index in [0.29, 0.717) is 11.4 Å². The maximum absolute atomic E-state index is 12.2. The smallest absolute Gasteiger partial charge is 0.259 e. The maximum Gasteiger partial charge on any atom is 0.259 e. The summed E-state index contributed by atoms with van der Waals surface area (Å²) in [6.07, 6.45) is 4.99. The molecule has 1 aliphatic carbocycles. The van der Waals surface area contributed by atoms with Crippen LogP contribution in [0.4, 0.5) is 11.5 Å². The largest absolute Gasteiger partial charge is 0.322 e. The minimum absolute atomic E-state index is 0.219. The highest BCUT2D eigenvalue weighted by Crippen LogP contribution is 2.25. The Bertz CT molecular complexity index is 654. The van der Waals surface area contributed by atoms with Gasteiger partial charge in [0.2, 0.25) is 0 Å². The number of nitrogens with one attached hydrogen (secondary N) is 2. The molecule has 3 rings (SSSR count). The highest BCUT2D eigenvalue weighted by molar-refractivity contribution is 6.07. The molecule has 4 N–H and O–H groups in total. The number of nitrogens with zero attached hydrogens (tertiary/aromatic N) is 1. The molecule has 2 aromatic rings. The number of nitrogen functional groups attached to an aromatic ring is 1. The van der Waals surface area contributed by atoms with E-state index < -0.39 is 0 Å². The molecule has 0 radical (unpaired) electrons. The summed E-state index contributed by atoms with van der Waals surface area (Å²) >= 11 is 0. The van der Waals surface area contributed by atoms with Crippen LogP contribution in [0.5, 0.6) is 0 Å². The summed E-state index contributed by atoms with van der Waals surface area (Å²) in [5, 5.41) is 2.89. The van der Waals surface area contributed by atoms with E-state index in [1.165, 1.54) is 17.5 Å². The number of hydrogen-bond acceptors (Lipinski definition) is 4. The third-order valence-electron chi connectivity index (χ3n) is 3.55. The van der Waals surface area contributed by atoms with Crippen molar-refractivity contribution in [2.45, 2.75) is 19.3 Å². The Kier molecular flexibility index (Phi) is 3.35. The van der Waals surface area contributed by atoms with Gasteiger partial charge in [0, 0.05) is 11.9 Å². The molecule has 5 nitrogen and oxygen atoms in total. The van der Waals surface area contributed by atoms with Gasteiger partial charge in [0.25, 0.3) is 5.91 Å². The molecule has 0 saturated carbocycles. The number of benzene rings is 1. The number of aryl methyl sites for hydroxylation is 2. The van der Waals surface area contributed by atoms with Gasteiger partial charge in [0.1, 0.15) is 0 Å². The van der Waals surface area contributed by atoms with Crippen molar-refractivity contribution in [3.8, 4) is 0 Å². The number of rotatable bonds is 3. The number of aromatic nitrogens is 1. The highest BCUT2D eigenvalue weighted by atomic mass is 16.1. The van der Waals surface area contributed by atoms with Crippen LogP contribution in [-0.4, -0.2) is 10.9 Å². The van der Waals surface area contributed by atoms with E-state index in [9.17, 15) is 4.79 Å². The first-order chi connectivity index (χ1) is 9.78. The number of nitrogens with two attached hydrogens (primary N) is 1. The van der Waals surface area contributed by atoms with E-state index in [0.717, 1.165) is 18.5 Å². The van der Waals surface area contributed by atoms with Crippen molar-refractivity contribution in [1.29, 1.82) is 0 Å². The molecule has 0 atom stereocenters. The lowest BCUT2D eigenvalue weighted by Crippen LogP contribution is -2.18. The first-order valence-electron chi connectivity index (χ1n) is 6.63. The van der Waals surface area contributed by atoms with Crippen molar-refractivity contribution in [2.24, 2.45) is 5.84 Å². The number of fused-ring (bicyclic) bond motifs is 1. The monoisotopic (exact) mass is 268 g/mol. The Morgan fingerprint density at radius 3 is 2.90 bits per heavy atom. The van der Waals surface area contributed by atoms with E-state index >= 15 is 0 Å². The summed E-state index contributed by atoms with van der Waals surface area (Å²) in [6, 6.07) is 9.47. The van der Waals surface area contributed by atoms with Gasteiger partial charge < -0.3 is 10.7 Å². The quantitative estimate of drug-likeness (QED) is 0.588. The van der Waals surface area contributed by atoms with Gasteiger partial charge in [-0.25, -0.2) is 10.8 Å². The summed E-state index contributed by atoms with van der Waals surface area (Å²) in [6.45, 7) is 0. The van der Waals surface area contributed by atoms with Crippen molar-refractivity contribution in [3.63, 3.8) is 0 Å². The van der Waals surface area contributed by atoms with Crippen LogP contribution in [0, 0.1) is 0 Å². The van der Waals surface area contributed by atoms with Crippen LogP contribution in [0.1, 0.15) is 27.9 Å². The first-order valence-corrected chi connectivity index (χ1v) is 6.63. The van der Waals surface area contributed by atoms with E-state index in [-0.39, 0.29) is 5.91 Å². The Balaban J connectivity index is 1.82. The molecule has 0 aliphatic heterocycles. The molecular weight excluding hydrogens is 252 g/mol. The van der Waals surface area contributed by atoms with Crippen molar-refractivity contribution in [1.82, 2.24) is 4.98 Å². The molecule has 1 heterocycles. The number of carbonyl (C=O) groups excluding carboxylic acids is 1. The van der Waals surface area contributed by atoms with Gasteiger partial charge >= 0.3 is 0 Å². The molecule has 0 spiro atoms. The SMILES string of the molecule is NNc1ncccc1C(=O)Nc1ccc2c(c1)CCC2. The van der Waals surface area contributed by atoms with Gasteiger partial charge in [-0.3, -0.25) is 4.79 Å². The topological polar surface area (TPSA) is 80.0 Å². The van der Waals surface area contributed by atoms with Crippen molar-refractivity contribution < 1.29 is 4.79 Å². The molecule has 1 aliphatic rings. The number of pyridine rings is 1. The van der Waals surface area contributed by atoms with E-state index in [2.05, 4.69) is 21.8 Å². The fourth-order valence-electron chi connectivity index (χ4n) is 2.55. The summed E-state index contributed by atoms with van der Waals surface area (Å²) in [5.41, 5.74) is 6.37. The predicted molar refractivity (Wildman–Crippen MR) is 78.5 cm³/mol. The molecule has 102 valence electrons. The number of hydrogen-bond donors (Lipinski definition) is 3. The fourth-order valence-corrected chi connectivity index (χ4v) is 2.55. The Morgan fingerprint density at radius 2 is 2.05 bits per heavy atom. The lowest BCUT2D eigenvalue weighted by atomic mass is 10.1. The zero-order valence-corrected chi connectivity index (χ0v) is 11.0. The maximum atomic E-state index is 12.2. The molecular formula is C15H16N4O. The summed E-state index contributed by atoms with van der Waals surface area (Å²) in [4.78, 5) is 16.3. The standard InChI is InChI=1S/C15H16N4O/c16-19-14-13(5-2-8-17-14)15(20)18-12-7-6-10-3-1-4-11(10)9-12/h2,5-9H,1,3-4,16H2,(H,17,19)(H,18,20). The zero-order chi connectivity index (χ0) is 13.9. The molecule has 1 aromatic heterocycles. The van der Waals surface area contributed by atoms with Crippen LogP contribution in [0.25, 0.3) is 0 Å². The van der Waals surface area contributed by atoms with Crippen LogP contribution in [-0.2, 0) is 12.8 Å². The Hall–Kier alpha value is -2.40. The van der Waals surface area contributed by atoms with Crippen molar-refractivity contribution in [3.05, 3.63) is 53.2 Å². The predicted octanol–water partition coefficient (Wildman–Crippen LogP) is 2.11. The molecule has 0 unspecified atom stereocenters. The summed E-state index contributed by atoms with van der Waals surface area (Å²) < 4.78 is 0. The molecule has 5 heteroatoms. The second-order valence-corrected chi connectivity index (χ2v) is 4.84. The van der Waals surface area contributed by atoms with E-state index in [4.69, 9.17) is 5.84 Å². The fraction of sp³-hybridized carbons (Fsp3) is 0.200. The second kappa shape index (κ2) is 5.30. The average molecular weight is 268 g/mol. The van der Waals surface area contributed by atoms with E-state index in [1.807, 2.05) is 12.1 Å². The van der Waals surface area contributed by atoms with Gasteiger partial charge in [-0.2, -0.15) is 0 Å². The number of carbonyl (C=O) groups is 1. The normalized spacial score (nSPS) is 12.8. The lowest BCUT2D eigenvalue weighted by Gasteiger charge is -2.09. The molecule has 0 saturated heterocycles. The van der Waals surface area contributed by atoms with E-state index in [1.54, 1.807) is 18.3 Å². The van der Waals surface area contributed by atoms with Crippen LogP contribution in [0.2, 0.25) is 0 Å². The third-order valence-corrected chi connectivity index (χ3v) is 3.55. The minimum Gasteiger partial charge on any atom is -0.322 e. The lowest BCUT2D eigenvalue weighted by molar-refractivity contribution is 0.102. The van der Waals surface area contributed by atoms with Gasteiger partial charge in [-0.1, -0.05) is 6.07 Å². The van der Waals surface area contributed by atoms with Gasteiger partial charge in [-0.15, -0.1) is 0 Å². The van der Waals surface area contributed by atoms with Crippen LogP contribution < -0.4 is 16.6 Å². The molecule has 1 amide bonds. The van der Waals surface area contributed by atoms with Crippen molar-refractivity contribution in [2.75, 3.05) is 10.7 Å². The molecule has 0 fully saturated rings. The van der Waals surface area contributed by atoms with Crippen LogP contribution >= 0.6 is 0 Å². The Labute approximate surface area is 117 Å². The van der Waals surface area contributed by atoms with Gasteiger partial charge in [-0.05, 0) is 54.7 Å². The number of anilines is 2. The molecule has 1 aromatic carbocycles. The number of hydrazine groups is 1. The minimum atomic E-state index is -0.219. The summed E-state index contributed by atoms with van der Waals surface area (Å²) in [7, 11) is 0. The highest BCUT2D eigenvalue weighted by Gasteiger charge is 2.14. The molecule has 0 bridgehead atoms. The molecule has 20 heavy (non-hydrogen) atoms. The number of amides is 1. The van der Waals surface area contributed by atoms with Crippen LogP contribution in [0.3, 0.4) is 0 Å². The van der Waals surface area contributed by atoms with Gasteiger partial charge in [0.05, 0.1) is 5.56 Å². The third kappa shape index (κ3) is 2.35. The summed E-state index contributed by atoms with van der Waals surface area (Å²) in [5.74, 6) is 5.51. The average Bonchev–Trinajstić information content (AvgIpc) is 2.94. The second-order valence-electron chi connectivity index (χ2n) is 4.84. The van der Waals surface area contributed by atoms with Crippen molar-refractivity contribution >= 4 is 17.4 Å². The van der Waals surface area contributed by atoms with Crippen LogP contribution in [0.15, 0.2) is 36.5 Å². The Morgan fingerprint density at radius 1 is 1.20 bits per heavy atom. The van der Waals surface area contributed by atoms with Gasteiger partial charge in [0.15, 0.2) is 5.82 Å². The zero-order valence-electron chi connectivity index (χ0n) is 11.0. The first kappa shape index (κ1) is 12.6.